The highest BCUT2D eigenvalue weighted by Gasteiger charge is 2.07. The second-order valence-electron chi connectivity index (χ2n) is 6.20. The highest BCUT2D eigenvalue weighted by Crippen LogP contribution is 2.11. The van der Waals surface area contributed by atoms with Crippen LogP contribution in [-0.2, 0) is 0 Å². The van der Waals surface area contributed by atoms with Gasteiger partial charge in [-0.15, -0.1) is 0 Å². The van der Waals surface area contributed by atoms with Crippen LogP contribution in [0, 0.1) is 13.8 Å². The van der Waals surface area contributed by atoms with Crippen LogP contribution in [0.15, 0.2) is 39.8 Å². The van der Waals surface area contributed by atoms with Crippen LogP contribution >= 0.6 is 15.9 Å². The number of rotatable bonds is 2. The number of hydrogen-bond donors (Lipinski definition) is 2. The number of nitrogens with one attached hydrogen (secondary N) is 2. The fourth-order valence-corrected chi connectivity index (χ4v) is 3.48. The standard InChI is InChI=1S/C20H18BrN3O/c1-11-6-12(2)22-16(11)9-19-20(25-3)10-18(24-19)17-8-13-7-14(21)4-5-15(13)23-17/h4-10,22,24H,1-3H3/b18-17-,19-9-. The van der Waals surface area contributed by atoms with Crippen molar-refractivity contribution in [3.8, 4) is 5.75 Å². The van der Waals surface area contributed by atoms with Crippen molar-refractivity contribution in [2.75, 3.05) is 7.11 Å². The Balaban J connectivity index is 1.92. The highest BCUT2D eigenvalue weighted by atomic mass is 79.9. The van der Waals surface area contributed by atoms with E-state index in [0.717, 1.165) is 48.6 Å². The maximum Gasteiger partial charge on any atom is 0.144 e. The Morgan fingerprint density at radius 3 is 2.68 bits per heavy atom. The zero-order valence-corrected chi connectivity index (χ0v) is 15.9. The van der Waals surface area contributed by atoms with Crippen molar-refractivity contribution in [1.29, 1.82) is 0 Å². The molecule has 4 nitrogen and oxygen atoms in total. The fraction of sp³-hybridized carbons (Fsp3) is 0.150. The van der Waals surface area contributed by atoms with Gasteiger partial charge in [-0.2, -0.15) is 0 Å². The largest absolute Gasteiger partial charge is 0.494 e. The van der Waals surface area contributed by atoms with Gasteiger partial charge < -0.3 is 14.7 Å². The van der Waals surface area contributed by atoms with Crippen molar-refractivity contribution in [3.63, 3.8) is 0 Å². The molecule has 0 bridgehead atoms. The average Bonchev–Trinajstić information content (AvgIpc) is 3.24. The van der Waals surface area contributed by atoms with Gasteiger partial charge in [0.05, 0.1) is 28.9 Å². The number of aromatic nitrogens is 2. The maximum atomic E-state index is 5.55. The first-order valence-electron chi connectivity index (χ1n) is 8.05. The van der Waals surface area contributed by atoms with Gasteiger partial charge in [-0.3, -0.25) is 0 Å². The minimum Gasteiger partial charge on any atom is -0.494 e. The number of benzene rings is 1. The van der Waals surface area contributed by atoms with E-state index in [9.17, 15) is 0 Å². The lowest BCUT2D eigenvalue weighted by atomic mass is 10.2. The van der Waals surface area contributed by atoms with Crippen molar-refractivity contribution in [1.82, 2.24) is 9.97 Å². The van der Waals surface area contributed by atoms with Crippen LogP contribution < -0.4 is 26.0 Å². The lowest BCUT2D eigenvalue weighted by Crippen LogP contribution is -2.20. The molecule has 4 rings (SSSR count). The van der Waals surface area contributed by atoms with Gasteiger partial charge in [0.1, 0.15) is 5.75 Å². The molecule has 0 amide bonds. The molecule has 1 aromatic carbocycles. The number of aromatic amines is 2. The number of ether oxygens (including phenoxy) is 1. The Labute approximate surface area is 153 Å². The molecule has 0 radical (unpaired) electrons. The molecule has 0 fully saturated rings. The van der Waals surface area contributed by atoms with Gasteiger partial charge in [-0.05, 0) is 55.8 Å². The molecule has 0 aliphatic carbocycles. The Hall–Kier alpha value is -2.53. The van der Waals surface area contributed by atoms with E-state index in [2.05, 4.69) is 64.0 Å². The zero-order valence-electron chi connectivity index (χ0n) is 14.3. The van der Waals surface area contributed by atoms with Gasteiger partial charge in [-0.25, -0.2) is 4.99 Å². The molecule has 2 aromatic heterocycles. The van der Waals surface area contributed by atoms with Crippen LogP contribution in [0.3, 0.4) is 0 Å². The Kier molecular flexibility index (Phi) is 3.88. The molecule has 0 unspecified atom stereocenters. The summed E-state index contributed by atoms with van der Waals surface area (Å²) >= 11 is 3.51. The number of nitrogens with zero attached hydrogens (tertiary/aromatic N) is 1. The molecule has 1 aliphatic heterocycles. The van der Waals surface area contributed by atoms with Crippen LogP contribution in [0.25, 0.3) is 17.8 Å². The molecule has 1 aliphatic rings. The van der Waals surface area contributed by atoms with Crippen LogP contribution in [0.2, 0.25) is 0 Å². The van der Waals surface area contributed by atoms with Crippen molar-refractivity contribution in [2.45, 2.75) is 13.8 Å². The van der Waals surface area contributed by atoms with Crippen LogP contribution in [-0.4, -0.2) is 17.1 Å². The average molecular weight is 396 g/mol. The van der Waals surface area contributed by atoms with Crippen molar-refractivity contribution < 1.29 is 4.74 Å². The van der Waals surface area contributed by atoms with Gasteiger partial charge >= 0.3 is 0 Å². The van der Waals surface area contributed by atoms with E-state index >= 15 is 0 Å². The van der Waals surface area contributed by atoms with E-state index in [0.29, 0.717) is 0 Å². The summed E-state index contributed by atoms with van der Waals surface area (Å²) in [4.78, 5) is 11.5. The summed E-state index contributed by atoms with van der Waals surface area (Å²) in [7, 11) is 1.68. The topological polar surface area (TPSA) is 53.2 Å². The van der Waals surface area contributed by atoms with Crippen LogP contribution in [0.4, 0.5) is 0 Å². The molecule has 0 saturated carbocycles. The molecule has 5 heteroatoms. The minimum atomic E-state index is 0.801. The second kappa shape index (κ2) is 6.08. The molecule has 0 spiro atoms. The first-order chi connectivity index (χ1) is 12.0. The van der Waals surface area contributed by atoms with E-state index in [-0.39, 0.29) is 0 Å². The molecular formula is C20H18BrN3O. The van der Waals surface area contributed by atoms with Crippen molar-refractivity contribution in [2.24, 2.45) is 4.99 Å². The lowest BCUT2D eigenvalue weighted by Gasteiger charge is -1.94. The summed E-state index contributed by atoms with van der Waals surface area (Å²) in [5.74, 6) is 0.801. The SMILES string of the molecule is COc1c/c(=C2\C=c3cc(Br)ccc3=N2)[nH]/c1=C\c1[nH]c(C)cc1C. The third-order valence-corrected chi connectivity index (χ3v) is 4.80. The number of aryl methyl sites for hydroxylation is 2. The van der Waals surface area contributed by atoms with Gasteiger partial charge in [0, 0.05) is 27.1 Å². The normalized spacial score (nSPS) is 15.8. The molecule has 2 N–H and O–H groups in total. The monoisotopic (exact) mass is 395 g/mol. The predicted octanol–water partition coefficient (Wildman–Crippen LogP) is 1.78. The molecule has 25 heavy (non-hydrogen) atoms. The van der Waals surface area contributed by atoms with Crippen LogP contribution in [0.5, 0.6) is 5.75 Å². The van der Waals surface area contributed by atoms with Crippen molar-refractivity contribution in [3.05, 3.63) is 73.0 Å². The Bertz CT molecular complexity index is 1210. The lowest BCUT2D eigenvalue weighted by molar-refractivity contribution is 0.412. The van der Waals surface area contributed by atoms with Crippen LogP contribution in [0.1, 0.15) is 17.0 Å². The van der Waals surface area contributed by atoms with Crippen molar-refractivity contribution >= 4 is 33.8 Å². The van der Waals surface area contributed by atoms with E-state index < -0.39 is 0 Å². The molecule has 0 atom stereocenters. The first-order valence-corrected chi connectivity index (χ1v) is 8.84. The Morgan fingerprint density at radius 1 is 1.12 bits per heavy atom. The molecular weight excluding hydrogens is 378 g/mol. The molecule has 126 valence electrons. The smallest absolute Gasteiger partial charge is 0.144 e. The summed E-state index contributed by atoms with van der Waals surface area (Å²) in [5, 5.41) is 3.96. The number of methoxy groups -OCH3 is 1. The summed E-state index contributed by atoms with van der Waals surface area (Å²) in [5.41, 5.74) is 4.33. The van der Waals surface area contributed by atoms with Gasteiger partial charge in [0.25, 0.3) is 0 Å². The number of H-pyrrole nitrogens is 2. The molecule has 3 heterocycles. The summed E-state index contributed by atoms with van der Waals surface area (Å²) in [6.45, 7) is 4.15. The van der Waals surface area contributed by atoms with Gasteiger partial charge in [0.2, 0.25) is 0 Å². The Morgan fingerprint density at radius 2 is 1.96 bits per heavy atom. The number of hydrogen-bond acceptors (Lipinski definition) is 2. The second-order valence-corrected chi connectivity index (χ2v) is 7.12. The number of halogens is 1. The zero-order chi connectivity index (χ0) is 17.6. The van der Waals surface area contributed by atoms with Gasteiger partial charge in [-0.1, -0.05) is 15.9 Å². The predicted molar refractivity (Wildman–Crippen MR) is 103 cm³/mol. The van der Waals surface area contributed by atoms with Gasteiger partial charge in [0.15, 0.2) is 0 Å². The minimum absolute atomic E-state index is 0.801. The molecule has 3 aromatic rings. The first kappa shape index (κ1) is 16.0. The summed E-state index contributed by atoms with van der Waals surface area (Å²) < 4.78 is 6.60. The van der Waals surface area contributed by atoms with E-state index in [1.807, 2.05) is 18.2 Å². The highest BCUT2D eigenvalue weighted by molar-refractivity contribution is 9.10. The quantitative estimate of drug-likeness (QED) is 0.682. The number of fused-ring (bicyclic) bond motifs is 1. The fourth-order valence-electron chi connectivity index (χ4n) is 3.10. The summed E-state index contributed by atoms with van der Waals surface area (Å²) in [6.07, 6.45) is 4.16. The summed E-state index contributed by atoms with van der Waals surface area (Å²) in [6, 6.07) is 10.2. The third kappa shape index (κ3) is 2.96. The van der Waals surface area contributed by atoms with E-state index in [1.165, 1.54) is 5.56 Å². The van der Waals surface area contributed by atoms with E-state index in [1.54, 1.807) is 7.11 Å². The molecule has 0 saturated heterocycles. The van der Waals surface area contributed by atoms with E-state index in [4.69, 9.17) is 9.73 Å². The third-order valence-electron chi connectivity index (χ3n) is 4.31. The maximum absolute atomic E-state index is 5.55.